The minimum Gasteiger partial charge on any atom is -0.255 e. The highest BCUT2D eigenvalue weighted by Gasteiger charge is 2.04. The van der Waals surface area contributed by atoms with Gasteiger partial charge in [0.15, 0.2) is 0 Å². The van der Waals surface area contributed by atoms with Crippen LogP contribution >= 0.6 is 0 Å². The number of hydrogen-bond donors (Lipinski definition) is 0. The summed E-state index contributed by atoms with van der Waals surface area (Å²) in [6, 6.07) is 10.1. The Hall–Kier alpha value is -2.07. The van der Waals surface area contributed by atoms with Gasteiger partial charge in [-0.1, -0.05) is 24.1 Å². The smallest absolute Gasteiger partial charge is 0.0705 e. The van der Waals surface area contributed by atoms with Crippen molar-refractivity contribution in [3.05, 3.63) is 53.2 Å². The molecule has 0 radical (unpaired) electrons. The van der Waals surface area contributed by atoms with Gasteiger partial charge in [-0.2, -0.15) is 0 Å². The number of rotatable bonds is 1. The predicted octanol–water partition coefficient (Wildman–Crippen LogP) is 3.35. The van der Waals surface area contributed by atoms with E-state index in [1.54, 1.807) is 6.20 Å². The van der Waals surface area contributed by atoms with E-state index in [4.69, 9.17) is 6.42 Å². The van der Waals surface area contributed by atoms with Crippen LogP contribution in [0.3, 0.4) is 0 Å². The van der Waals surface area contributed by atoms with Crippen LogP contribution in [0.4, 0.5) is 0 Å². The molecular formula is C15H13N. The average Bonchev–Trinajstić information content (AvgIpc) is 2.33. The van der Waals surface area contributed by atoms with E-state index in [1.807, 2.05) is 12.1 Å². The Kier molecular flexibility index (Phi) is 2.74. The quantitative estimate of drug-likeness (QED) is 0.653. The first-order chi connectivity index (χ1) is 7.72. The van der Waals surface area contributed by atoms with E-state index >= 15 is 0 Å². The second kappa shape index (κ2) is 4.20. The molecule has 0 aliphatic heterocycles. The van der Waals surface area contributed by atoms with E-state index in [9.17, 15) is 0 Å². The molecule has 0 saturated carbocycles. The van der Waals surface area contributed by atoms with Crippen LogP contribution in [0.25, 0.3) is 11.3 Å². The van der Waals surface area contributed by atoms with Crippen molar-refractivity contribution in [2.24, 2.45) is 0 Å². The molecular weight excluding hydrogens is 194 g/mol. The van der Waals surface area contributed by atoms with Crippen LogP contribution < -0.4 is 0 Å². The minimum absolute atomic E-state index is 0.814. The van der Waals surface area contributed by atoms with Gasteiger partial charge in [0.25, 0.3) is 0 Å². The maximum absolute atomic E-state index is 5.30. The summed E-state index contributed by atoms with van der Waals surface area (Å²) in [5.74, 6) is 2.57. The van der Waals surface area contributed by atoms with Crippen LogP contribution in [0, 0.1) is 26.2 Å². The number of benzene rings is 1. The van der Waals surface area contributed by atoms with Gasteiger partial charge in [0.1, 0.15) is 0 Å². The minimum atomic E-state index is 0.814. The summed E-state index contributed by atoms with van der Waals surface area (Å²) in [7, 11) is 0. The van der Waals surface area contributed by atoms with E-state index in [0.717, 1.165) is 11.3 Å². The molecule has 0 atom stereocenters. The molecule has 2 aromatic rings. The molecule has 1 aromatic heterocycles. The number of terminal acetylenes is 1. The van der Waals surface area contributed by atoms with Crippen LogP contribution in [0.5, 0.6) is 0 Å². The van der Waals surface area contributed by atoms with Crippen molar-refractivity contribution in [1.82, 2.24) is 4.98 Å². The molecule has 16 heavy (non-hydrogen) atoms. The van der Waals surface area contributed by atoms with Crippen LogP contribution in [0.2, 0.25) is 0 Å². The maximum atomic E-state index is 5.30. The van der Waals surface area contributed by atoms with E-state index in [0.29, 0.717) is 0 Å². The molecule has 0 saturated heterocycles. The Labute approximate surface area is 96.2 Å². The fraction of sp³-hybridized carbons (Fsp3) is 0.133. The third-order valence-corrected chi connectivity index (χ3v) is 2.81. The van der Waals surface area contributed by atoms with Crippen LogP contribution in [-0.4, -0.2) is 4.98 Å². The second-order valence-electron chi connectivity index (χ2n) is 3.82. The van der Waals surface area contributed by atoms with E-state index in [1.165, 1.54) is 16.7 Å². The highest BCUT2D eigenvalue weighted by molar-refractivity contribution is 5.65. The number of nitrogens with zero attached hydrogens (tertiary/aromatic N) is 1. The number of aryl methyl sites for hydroxylation is 1. The lowest BCUT2D eigenvalue weighted by atomic mass is 10.0. The molecule has 0 amide bonds. The first kappa shape index (κ1) is 10.4. The van der Waals surface area contributed by atoms with Gasteiger partial charge in [0.2, 0.25) is 0 Å². The van der Waals surface area contributed by atoms with Crippen molar-refractivity contribution in [2.45, 2.75) is 13.8 Å². The maximum Gasteiger partial charge on any atom is 0.0705 e. The third-order valence-electron chi connectivity index (χ3n) is 2.81. The predicted molar refractivity (Wildman–Crippen MR) is 67.1 cm³/mol. The topological polar surface area (TPSA) is 12.9 Å². The number of pyridine rings is 1. The van der Waals surface area contributed by atoms with E-state index in [-0.39, 0.29) is 0 Å². The summed E-state index contributed by atoms with van der Waals surface area (Å²) < 4.78 is 0. The second-order valence-corrected chi connectivity index (χ2v) is 3.82. The molecule has 2 rings (SSSR count). The lowest BCUT2D eigenvalue weighted by Gasteiger charge is -2.07. The molecule has 1 heteroatoms. The van der Waals surface area contributed by atoms with Gasteiger partial charge >= 0.3 is 0 Å². The fourth-order valence-electron chi connectivity index (χ4n) is 1.67. The molecule has 1 nitrogen and oxygen atoms in total. The summed E-state index contributed by atoms with van der Waals surface area (Å²) in [4.78, 5) is 4.38. The van der Waals surface area contributed by atoms with Gasteiger partial charge in [0.05, 0.1) is 5.69 Å². The van der Waals surface area contributed by atoms with E-state index < -0.39 is 0 Å². The lowest BCUT2D eigenvalue weighted by Crippen LogP contribution is -1.90. The van der Waals surface area contributed by atoms with Gasteiger partial charge in [-0.05, 0) is 37.1 Å². The Morgan fingerprint density at radius 3 is 2.56 bits per heavy atom. The Morgan fingerprint density at radius 1 is 1.12 bits per heavy atom. The standard InChI is InChI=1S/C15H13N/c1-4-13-8-9-15(16-10-13)14-7-5-6-11(2)12(14)3/h1,5-10H,2-3H3. The van der Waals surface area contributed by atoms with Gasteiger partial charge in [-0.15, -0.1) is 6.42 Å². The first-order valence-corrected chi connectivity index (χ1v) is 5.21. The summed E-state index contributed by atoms with van der Waals surface area (Å²) in [6.07, 6.45) is 7.04. The Bertz CT molecular complexity index is 545. The summed E-state index contributed by atoms with van der Waals surface area (Å²) in [6.45, 7) is 4.22. The monoisotopic (exact) mass is 207 g/mol. The fourth-order valence-corrected chi connectivity index (χ4v) is 1.67. The zero-order valence-electron chi connectivity index (χ0n) is 9.49. The molecule has 78 valence electrons. The molecule has 0 bridgehead atoms. The van der Waals surface area contributed by atoms with Crippen LogP contribution in [0.15, 0.2) is 36.5 Å². The summed E-state index contributed by atoms with van der Waals surface area (Å²) in [5, 5.41) is 0. The van der Waals surface area contributed by atoms with Crippen molar-refractivity contribution in [2.75, 3.05) is 0 Å². The molecule has 0 fully saturated rings. The van der Waals surface area contributed by atoms with Gasteiger partial charge < -0.3 is 0 Å². The molecule has 1 heterocycles. The van der Waals surface area contributed by atoms with Crippen molar-refractivity contribution in [1.29, 1.82) is 0 Å². The highest BCUT2D eigenvalue weighted by atomic mass is 14.7. The SMILES string of the molecule is C#Cc1ccc(-c2cccc(C)c2C)nc1. The molecule has 0 spiro atoms. The number of aromatic nitrogens is 1. The Morgan fingerprint density at radius 2 is 1.94 bits per heavy atom. The zero-order valence-corrected chi connectivity index (χ0v) is 9.49. The molecule has 0 unspecified atom stereocenters. The van der Waals surface area contributed by atoms with Crippen LogP contribution in [0.1, 0.15) is 16.7 Å². The lowest BCUT2D eigenvalue weighted by molar-refractivity contribution is 1.27. The average molecular weight is 207 g/mol. The van der Waals surface area contributed by atoms with Gasteiger partial charge in [-0.3, -0.25) is 4.98 Å². The zero-order chi connectivity index (χ0) is 11.5. The van der Waals surface area contributed by atoms with Crippen molar-refractivity contribution in [3.63, 3.8) is 0 Å². The van der Waals surface area contributed by atoms with Crippen LogP contribution in [-0.2, 0) is 0 Å². The van der Waals surface area contributed by atoms with Crippen molar-refractivity contribution >= 4 is 0 Å². The third kappa shape index (κ3) is 1.83. The molecule has 1 aromatic carbocycles. The largest absolute Gasteiger partial charge is 0.255 e. The first-order valence-electron chi connectivity index (χ1n) is 5.21. The van der Waals surface area contributed by atoms with Gasteiger partial charge in [-0.25, -0.2) is 0 Å². The summed E-state index contributed by atoms with van der Waals surface area (Å²) in [5.41, 5.74) is 5.50. The molecule has 0 aliphatic carbocycles. The molecule has 0 N–H and O–H groups in total. The van der Waals surface area contributed by atoms with Gasteiger partial charge in [0, 0.05) is 17.3 Å². The normalized spacial score (nSPS) is 9.81. The summed E-state index contributed by atoms with van der Waals surface area (Å²) >= 11 is 0. The number of hydrogen-bond acceptors (Lipinski definition) is 1. The molecule has 0 aliphatic rings. The highest BCUT2D eigenvalue weighted by Crippen LogP contribution is 2.23. The van der Waals surface area contributed by atoms with E-state index in [2.05, 4.69) is 43.0 Å². The van der Waals surface area contributed by atoms with Crippen molar-refractivity contribution < 1.29 is 0 Å². The van der Waals surface area contributed by atoms with Crippen molar-refractivity contribution in [3.8, 4) is 23.6 Å². The Balaban J connectivity index is 2.51.